The van der Waals surface area contributed by atoms with E-state index < -0.39 is 10.0 Å². The molecule has 0 bridgehead atoms. The maximum absolute atomic E-state index is 13.5. The molecule has 7 nitrogen and oxygen atoms in total. The van der Waals surface area contributed by atoms with Crippen LogP contribution in [0.1, 0.15) is 55.2 Å². The largest absolute Gasteiger partial charge is 0.494 e. The topological polar surface area (TPSA) is 97.5 Å². The van der Waals surface area contributed by atoms with Crippen LogP contribution in [0.25, 0.3) is 10.9 Å². The Morgan fingerprint density at radius 3 is 2.53 bits per heavy atom. The van der Waals surface area contributed by atoms with Crippen LogP contribution in [-0.4, -0.2) is 32.4 Å². The first-order valence-corrected chi connectivity index (χ1v) is 12.5. The van der Waals surface area contributed by atoms with Crippen LogP contribution >= 0.6 is 0 Å². The summed E-state index contributed by atoms with van der Waals surface area (Å²) in [6, 6.07) is 8.54. The maximum atomic E-state index is 13.5. The van der Waals surface area contributed by atoms with Crippen LogP contribution in [0.15, 0.2) is 35.2 Å². The normalized spacial score (nSPS) is 13.8. The van der Waals surface area contributed by atoms with E-state index in [1.54, 1.807) is 24.3 Å². The van der Waals surface area contributed by atoms with Crippen molar-refractivity contribution in [1.82, 2.24) is 4.98 Å². The van der Waals surface area contributed by atoms with Crippen molar-refractivity contribution < 1.29 is 22.7 Å². The molecular weight excluding hydrogens is 428 g/mol. The third-order valence-electron chi connectivity index (χ3n) is 5.64. The number of rotatable bonds is 8. The molecule has 0 saturated heterocycles. The SMILES string of the molecule is CCOc1ccc(OCC)c(NS(=O)(=O)c2cc3[nH]c4c(c3cc2CC)C(=O)CCC4)c1. The fourth-order valence-corrected chi connectivity index (χ4v) is 5.61. The molecular formula is C24H28N2O5S. The molecule has 0 saturated carbocycles. The number of nitrogens with one attached hydrogen (secondary N) is 2. The van der Waals surface area contributed by atoms with Gasteiger partial charge in [0.05, 0.1) is 23.8 Å². The second-order valence-corrected chi connectivity index (χ2v) is 9.39. The van der Waals surface area contributed by atoms with Crippen molar-refractivity contribution in [3.63, 3.8) is 0 Å². The van der Waals surface area contributed by atoms with Gasteiger partial charge in [0.2, 0.25) is 0 Å². The van der Waals surface area contributed by atoms with Crippen molar-refractivity contribution in [2.75, 3.05) is 17.9 Å². The van der Waals surface area contributed by atoms with Gasteiger partial charge >= 0.3 is 0 Å². The van der Waals surface area contributed by atoms with Gasteiger partial charge < -0.3 is 14.5 Å². The maximum Gasteiger partial charge on any atom is 0.262 e. The van der Waals surface area contributed by atoms with Gasteiger partial charge in [0.25, 0.3) is 10.0 Å². The average Bonchev–Trinajstić information content (AvgIpc) is 3.13. The molecule has 8 heteroatoms. The summed E-state index contributed by atoms with van der Waals surface area (Å²) >= 11 is 0. The Labute approximate surface area is 188 Å². The molecule has 1 aromatic heterocycles. The van der Waals surface area contributed by atoms with E-state index in [1.165, 1.54) is 0 Å². The summed E-state index contributed by atoms with van der Waals surface area (Å²) < 4.78 is 40.8. The van der Waals surface area contributed by atoms with Crippen LogP contribution in [0, 0.1) is 0 Å². The van der Waals surface area contributed by atoms with Crippen molar-refractivity contribution in [1.29, 1.82) is 0 Å². The molecule has 1 heterocycles. The Bertz CT molecular complexity index is 1280. The number of aromatic amines is 1. The Hall–Kier alpha value is -3.00. The molecule has 1 aliphatic carbocycles. The minimum Gasteiger partial charge on any atom is -0.494 e. The van der Waals surface area contributed by atoms with Gasteiger partial charge in [0, 0.05) is 34.6 Å². The number of Topliss-reactive ketones (excluding diaryl/α,β-unsaturated/α-hetero) is 1. The van der Waals surface area contributed by atoms with Gasteiger partial charge in [0.15, 0.2) is 5.78 Å². The van der Waals surface area contributed by atoms with E-state index in [0.29, 0.717) is 59.9 Å². The third kappa shape index (κ3) is 4.07. The minimum atomic E-state index is -3.93. The van der Waals surface area contributed by atoms with E-state index in [9.17, 15) is 13.2 Å². The van der Waals surface area contributed by atoms with Gasteiger partial charge in [0.1, 0.15) is 11.5 Å². The lowest BCUT2D eigenvalue weighted by molar-refractivity contribution is 0.0974. The van der Waals surface area contributed by atoms with Crippen LogP contribution in [0.5, 0.6) is 11.5 Å². The summed E-state index contributed by atoms with van der Waals surface area (Å²) in [6.45, 7) is 6.47. The van der Waals surface area contributed by atoms with Crippen molar-refractivity contribution in [3.05, 3.63) is 47.2 Å². The number of hydrogen-bond donors (Lipinski definition) is 2. The van der Waals surface area contributed by atoms with E-state index in [0.717, 1.165) is 23.9 Å². The van der Waals surface area contributed by atoms with E-state index >= 15 is 0 Å². The number of anilines is 1. The molecule has 0 spiro atoms. The van der Waals surface area contributed by atoms with Crippen molar-refractivity contribution in [3.8, 4) is 11.5 Å². The van der Waals surface area contributed by atoms with Crippen molar-refractivity contribution in [2.24, 2.45) is 0 Å². The number of aromatic nitrogens is 1. The lowest BCUT2D eigenvalue weighted by Crippen LogP contribution is -2.16. The average molecular weight is 457 g/mol. The standard InChI is InChI=1S/C24H28N2O5S/c1-4-15-12-17-19(25-18-8-7-9-21(27)24(17)18)14-23(15)32(28,29)26-20-13-16(30-5-2)10-11-22(20)31-6-3/h10-14,25-26H,4-9H2,1-3H3. The molecule has 2 aromatic carbocycles. The van der Waals surface area contributed by atoms with Gasteiger partial charge in [-0.25, -0.2) is 8.42 Å². The van der Waals surface area contributed by atoms with E-state index in [-0.39, 0.29) is 10.7 Å². The third-order valence-corrected chi connectivity index (χ3v) is 7.09. The fraction of sp³-hybridized carbons (Fsp3) is 0.375. The van der Waals surface area contributed by atoms with Gasteiger partial charge in [-0.05, 0) is 62.9 Å². The highest BCUT2D eigenvalue weighted by molar-refractivity contribution is 7.92. The molecule has 4 rings (SSSR count). The highest BCUT2D eigenvalue weighted by Crippen LogP contribution is 2.35. The minimum absolute atomic E-state index is 0.113. The number of carbonyl (C=O) groups is 1. The van der Waals surface area contributed by atoms with Crippen molar-refractivity contribution >= 4 is 32.4 Å². The number of sulfonamides is 1. The zero-order valence-corrected chi connectivity index (χ0v) is 19.4. The number of carbonyl (C=O) groups excluding carboxylic acids is 1. The first kappa shape index (κ1) is 22.2. The fourth-order valence-electron chi connectivity index (χ4n) is 4.23. The Morgan fingerprint density at radius 1 is 1.03 bits per heavy atom. The summed E-state index contributed by atoms with van der Waals surface area (Å²) in [4.78, 5) is 15.9. The first-order chi connectivity index (χ1) is 15.4. The summed E-state index contributed by atoms with van der Waals surface area (Å²) in [6.07, 6.45) is 2.64. The van der Waals surface area contributed by atoms with Gasteiger partial charge in [-0.15, -0.1) is 0 Å². The number of ether oxygens (including phenoxy) is 2. The molecule has 1 aliphatic rings. The second kappa shape index (κ2) is 8.86. The molecule has 3 aromatic rings. The van der Waals surface area contributed by atoms with Crippen LogP contribution in [0.2, 0.25) is 0 Å². The number of aryl methyl sites for hydroxylation is 2. The first-order valence-electron chi connectivity index (χ1n) is 11.0. The number of ketones is 1. The number of benzene rings is 2. The van der Waals surface area contributed by atoms with E-state index in [2.05, 4.69) is 9.71 Å². The van der Waals surface area contributed by atoms with E-state index in [4.69, 9.17) is 9.47 Å². The number of hydrogen-bond acceptors (Lipinski definition) is 5. The predicted octanol–water partition coefficient (Wildman–Crippen LogP) is 4.85. The molecule has 170 valence electrons. The van der Waals surface area contributed by atoms with Crippen LogP contribution in [-0.2, 0) is 22.9 Å². The highest BCUT2D eigenvalue weighted by Gasteiger charge is 2.26. The van der Waals surface area contributed by atoms with Gasteiger partial charge in [-0.3, -0.25) is 9.52 Å². The number of H-pyrrole nitrogens is 1. The molecule has 0 unspecified atom stereocenters. The lowest BCUT2D eigenvalue weighted by Gasteiger charge is -2.16. The monoisotopic (exact) mass is 456 g/mol. The highest BCUT2D eigenvalue weighted by atomic mass is 32.2. The van der Waals surface area contributed by atoms with Crippen molar-refractivity contribution in [2.45, 2.75) is 51.3 Å². The Balaban J connectivity index is 1.80. The zero-order chi connectivity index (χ0) is 22.9. The van der Waals surface area contributed by atoms with Crippen LogP contribution in [0.3, 0.4) is 0 Å². The summed E-state index contributed by atoms with van der Waals surface area (Å²) in [5.41, 5.74) is 3.24. The second-order valence-electron chi connectivity index (χ2n) is 7.74. The quantitative estimate of drug-likeness (QED) is 0.505. The zero-order valence-electron chi connectivity index (χ0n) is 18.6. The van der Waals surface area contributed by atoms with Crippen LogP contribution in [0.4, 0.5) is 5.69 Å². The summed E-state index contributed by atoms with van der Waals surface area (Å²) in [7, 11) is -3.93. The van der Waals surface area contributed by atoms with Crippen LogP contribution < -0.4 is 14.2 Å². The van der Waals surface area contributed by atoms with Gasteiger partial charge in [-0.1, -0.05) is 6.92 Å². The summed E-state index contributed by atoms with van der Waals surface area (Å²) in [5, 5.41) is 0.800. The molecule has 0 radical (unpaired) electrons. The smallest absolute Gasteiger partial charge is 0.262 e. The predicted molar refractivity (Wildman–Crippen MR) is 125 cm³/mol. The lowest BCUT2D eigenvalue weighted by atomic mass is 9.94. The van der Waals surface area contributed by atoms with E-state index in [1.807, 2.05) is 26.8 Å². The Morgan fingerprint density at radius 2 is 1.81 bits per heavy atom. The molecule has 0 fully saturated rings. The molecule has 32 heavy (non-hydrogen) atoms. The molecule has 0 aliphatic heterocycles. The van der Waals surface area contributed by atoms with Gasteiger partial charge in [-0.2, -0.15) is 0 Å². The molecule has 0 amide bonds. The molecule has 2 N–H and O–H groups in total. The molecule has 0 atom stereocenters. The summed E-state index contributed by atoms with van der Waals surface area (Å²) in [5.74, 6) is 1.09. The Kier molecular flexibility index (Phi) is 6.15. The number of fused-ring (bicyclic) bond motifs is 3.